The number of benzene rings is 2. The molecule has 0 spiro atoms. The second-order valence-electron chi connectivity index (χ2n) is 14.8. The molecule has 2 aromatic heterocycles. The van der Waals surface area contributed by atoms with Gasteiger partial charge in [-0.25, -0.2) is 4.39 Å². The van der Waals surface area contributed by atoms with E-state index in [1.165, 1.54) is 25.0 Å². The van der Waals surface area contributed by atoms with E-state index in [9.17, 15) is 9.18 Å². The lowest BCUT2D eigenvalue weighted by atomic mass is 9.95. The van der Waals surface area contributed by atoms with Crippen LogP contribution in [0.25, 0.3) is 16.8 Å². The molecular weight excluding hydrogens is 671 g/mol. The van der Waals surface area contributed by atoms with E-state index in [4.69, 9.17) is 30.8 Å². The summed E-state index contributed by atoms with van der Waals surface area (Å²) in [5.41, 5.74) is 3.26. The summed E-state index contributed by atoms with van der Waals surface area (Å²) in [4.78, 5) is 36.6. The van der Waals surface area contributed by atoms with Crippen LogP contribution in [-0.4, -0.2) is 99.9 Å². The molecule has 9 rings (SSSR count). The maximum absolute atomic E-state index is 13.4. The highest BCUT2D eigenvalue weighted by atomic mass is 35.5. The monoisotopic (exact) mass is 712 g/mol. The van der Waals surface area contributed by atoms with Gasteiger partial charge in [0.2, 0.25) is 5.91 Å². The normalized spacial score (nSPS) is 24.0. The van der Waals surface area contributed by atoms with Crippen molar-refractivity contribution >= 4 is 45.9 Å². The molecule has 1 amide bonds. The van der Waals surface area contributed by atoms with Crippen LogP contribution in [0.3, 0.4) is 0 Å². The molecule has 13 heteroatoms. The predicted molar refractivity (Wildman–Crippen MR) is 193 cm³/mol. The number of carbonyl (C=O) groups is 1. The van der Waals surface area contributed by atoms with Crippen molar-refractivity contribution in [2.24, 2.45) is 0 Å². The average Bonchev–Trinajstić information content (AvgIpc) is 3.67. The minimum atomic E-state index is -0.908. The van der Waals surface area contributed by atoms with E-state index in [0.29, 0.717) is 44.5 Å². The summed E-state index contributed by atoms with van der Waals surface area (Å²) in [6, 6.07) is 12.8. The van der Waals surface area contributed by atoms with Gasteiger partial charge in [-0.3, -0.25) is 9.69 Å². The minimum absolute atomic E-state index is 0.0641. The van der Waals surface area contributed by atoms with E-state index < -0.39 is 6.17 Å². The molecule has 4 aromatic rings. The number of aromatic nitrogens is 4. The quantitative estimate of drug-likeness (QED) is 0.198. The lowest BCUT2D eigenvalue weighted by Crippen LogP contribution is -2.44. The molecule has 3 saturated heterocycles. The maximum Gasteiger partial charge on any atom is 0.318 e. The van der Waals surface area contributed by atoms with E-state index in [0.717, 1.165) is 83.9 Å². The molecule has 0 N–H and O–H groups in total. The third-order valence-electron chi connectivity index (χ3n) is 11.7. The van der Waals surface area contributed by atoms with Crippen molar-refractivity contribution in [3.63, 3.8) is 0 Å². The summed E-state index contributed by atoms with van der Waals surface area (Å²) in [5.74, 6) is 1.02. The van der Waals surface area contributed by atoms with Gasteiger partial charge in [-0.1, -0.05) is 41.0 Å². The van der Waals surface area contributed by atoms with Crippen molar-refractivity contribution in [3.05, 3.63) is 70.5 Å². The number of rotatable bonds is 9. The number of amides is 1. The summed E-state index contributed by atoms with van der Waals surface area (Å²) in [6.45, 7) is 5.43. The van der Waals surface area contributed by atoms with Crippen molar-refractivity contribution in [2.45, 2.75) is 75.2 Å². The molecule has 4 fully saturated rings. The number of halogens is 2. The number of nitrogens with zero attached hydrogens (tertiary/aromatic N) is 8. The summed E-state index contributed by atoms with van der Waals surface area (Å²) in [5, 5.41) is 6.76. The largest absolute Gasteiger partial charge is 0.461 e. The summed E-state index contributed by atoms with van der Waals surface area (Å²) in [6.07, 6.45) is 8.75. The van der Waals surface area contributed by atoms with Crippen LogP contribution in [0.4, 0.5) is 15.9 Å². The molecular formula is C38H42ClFN8O3. The van der Waals surface area contributed by atoms with E-state index in [1.807, 2.05) is 17.0 Å². The second kappa shape index (κ2) is 13.0. The van der Waals surface area contributed by atoms with Crippen LogP contribution in [0.1, 0.15) is 67.4 Å². The highest BCUT2D eigenvalue weighted by molar-refractivity contribution is 6.36. The Balaban J connectivity index is 0.962. The van der Waals surface area contributed by atoms with Crippen LogP contribution in [0.15, 0.2) is 47.0 Å². The number of hydrogen-bond donors (Lipinski definition) is 0. The van der Waals surface area contributed by atoms with Gasteiger partial charge in [0.05, 0.1) is 28.7 Å². The third-order valence-corrected chi connectivity index (χ3v) is 12.0. The van der Waals surface area contributed by atoms with Gasteiger partial charge in [0.25, 0.3) is 5.89 Å². The van der Waals surface area contributed by atoms with Crippen LogP contribution in [0.5, 0.6) is 6.01 Å². The first kappa shape index (κ1) is 32.6. The lowest BCUT2D eigenvalue weighted by Gasteiger charge is -2.35. The van der Waals surface area contributed by atoms with Crippen molar-refractivity contribution in [3.8, 4) is 6.01 Å². The number of likely N-dealkylation sites (tertiary alicyclic amines) is 1. The van der Waals surface area contributed by atoms with Gasteiger partial charge in [0.1, 0.15) is 18.6 Å². The molecule has 266 valence electrons. The van der Waals surface area contributed by atoms with Gasteiger partial charge < -0.3 is 24.0 Å². The number of hydrogen-bond acceptors (Lipinski definition) is 10. The van der Waals surface area contributed by atoms with Crippen LogP contribution in [0, 0.1) is 0 Å². The van der Waals surface area contributed by atoms with Gasteiger partial charge in [-0.2, -0.15) is 15.0 Å². The van der Waals surface area contributed by atoms with Gasteiger partial charge in [-0.05, 0) is 75.6 Å². The van der Waals surface area contributed by atoms with E-state index in [-0.39, 0.29) is 29.3 Å². The molecule has 2 aromatic carbocycles. The molecule has 1 aliphatic carbocycles. The Kier molecular flexibility index (Phi) is 8.34. The SMILES string of the molecule is CN(c1nc(OCC23CCCN2CCC3)nc2c1CCN(c1cccc3cccc(Cl)c13)C2)[C@@H]1CCN(C(=O)/C=C/c2nc([C@H]3C[C@@H]3F)no2)C1. The highest BCUT2D eigenvalue weighted by Crippen LogP contribution is 2.42. The molecule has 4 aliphatic heterocycles. The standard InChI is InChI=1S/C38H42ClFN8O3/c1-45(25-12-18-47(21-25)33(49)11-10-32-42-35(44-51-32)27-20-29(27)40)36-26-13-19-46(31-9-3-7-24-6-2-8-28(39)34(24)31)22-30(26)41-37(43-36)50-23-38-14-4-16-48(38)17-5-15-38/h2-3,6-11,25,27,29H,4-5,12-23H2,1H3/b11-10+/t25-,27+,29+/m1/s1. The Morgan fingerprint density at radius 3 is 2.73 bits per heavy atom. The summed E-state index contributed by atoms with van der Waals surface area (Å²) < 4.78 is 25.2. The first-order chi connectivity index (χ1) is 24.8. The first-order valence-electron chi connectivity index (χ1n) is 18.2. The summed E-state index contributed by atoms with van der Waals surface area (Å²) in [7, 11) is 2.07. The molecule has 3 atom stereocenters. The second-order valence-corrected chi connectivity index (χ2v) is 15.2. The zero-order chi connectivity index (χ0) is 34.7. The van der Waals surface area contributed by atoms with Crippen molar-refractivity contribution in [1.82, 2.24) is 29.9 Å². The fraction of sp³-hybridized carbons (Fsp3) is 0.500. The lowest BCUT2D eigenvalue weighted by molar-refractivity contribution is -0.124. The molecule has 11 nitrogen and oxygen atoms in total. The van der Waals surface area contributed by atoms with Gasteiger partial charge in [0.15, 0.2) is 5.82 Å². The Hall–Kier alpha value is -4.29. The predicted octanol–water partition coefficient (Wildman–Crippen LogP) is 5.81. The van der Waals surface area contributed by atoms with Gasteiger partial charge in [-0.15, -0.1) is 0 Å². The van der Waals surface area contributed by atoms with Crippen LogP contribution < -0.4 is 14.5 Å². The number of carbonyl (C=O) groups excluding carboxylic acids is 1. The molecule has 1 saturated carbocycles. The highest BCUT2D eigenvalue weighted by Gasteiger charge is 2.45. The minimum Gasteiger partial charge on any atom is -0.461 e. The number of likely N-dealkylation sites (N-methyl/N-ethyl adjacent to an activating group) is 1. The van der Waals surface area contributed by atoms with Gasteiger partial charge >= 0.3 is 6.01 Å². The molecule has 51 heavy (non-hydrogen) atoms. The molecule has 0 bridgehead atoms. The fourth-order valence-corrected chi connectivity index (χ4v) is 9.00. The Morgan fingerprint density at radius 2 is 1.92 bits per heavy atom. The zero-order valence-corrected chi connectivity index (χ0v) is 29.6. The Bertz CT molecular complexity index is 1990. The van der Waals surface area contributed by atoms with Crippen LogP contribution >= 0.6 is 11.6 Å². The number of alkyl halides is 1. The molecule has 5 aliphatic rings. The van der Waals surface area contributed by atoms with Crippen molar-refractivity contribution < 1.29 is 18.4 Å². The van der Waals surface area contributed by atoms with E-state index in [2.05, 4.69) is 56.2 Å². The van der Waals surface area contributed by atoms with Crippen LogP contribution in [-0.2, 0) is 17.8 Å². The molecule has 0 unspecified atom stereocenters. The first-order valence-corrected chi connectivity index (χ1v) is 18.6. The van der Waals surface area contributed by atoms with E-state index in [1.54, 1.807) is 0 Å². The van der Waals surface area contributed by atoms with Crippen molar-refractivity contribution in [1.29, 1.82) is 0 Å². The third kappa shape index (κ3) is 6.09. The van der Waals surface area contributed by atoms with Crippen LogP contribution in [0.2, 0.25) is 5.02 Å². The van der Waals surface area contributed by atoms with Crippen molar-refractivity contribution in [2.75, 3.05) is 56.2 Å². The molecule has 6 heterocycles. The smallest absolute Gasteiger partial charge is 0.318 e. The van der Waals surface area contributed by atoms with E-state index >= 15 is 0 Å². The summed E-state index contributed by atoms with van der Waals surface area (Å²) >= 11 is 6.76. The molecule has 0 radical (unpaired) electrons. The Labute approximate surface area is 301 Å². The number of ether oxygens (including phenoxy) is 1. The fourth-order valence-electron chi connectivity index (χ4n) is 8.73. The number of anilines is 2. The number of fused-ring (bicyclic) bond motifs is 3. The Morgan fingerprint density at radius 1 is 1.12 bits per heavy atom. The van der Waals surface area contributed by atoms with Gasteiger partial charge in [0, 0.05) is 61.5 Å². The zero-order valence-electron chi connectivity index (χ0n) is 28.8. The maximum atomic E-state index is 13.4. The average molecular weight is 713 g/mol. The topological polar surface area (TPSA) is 104 Å².